The lowest BCUT2D eigenvalue weighted by molar-refractivity contribution is -0.122. The molecule has 0 bridgehead atoms. The van der Waals surface area contributed by atoms with Crippen molar-refractivity contribution < 1.29 is 9.90 Å². The summed E-state index contributed by atoms with van der Waals surface area (Å²) < 4.78 is 0. The molecule has 1 aromatic carbocycles. The molecule has 2 N–H and O–H groups in total. The number of nitrogens with one attached hydrogen (secondary N) is 1. The van der Waals surface area contributed by atoms with Crippen LogP contribution in [0.4, 0.5) is 0 Å². The van der Waals surface area contributed by atoms with Gasteiger partial charge in [0.05, 0.1) is 6.54 Å². The van der Waals surface area contributed by atoms with Crippen LogP contribution in [0.5, 0.6) is 0 Å². The Morgan fingerprint density at radius 2 is 1.72 bits per heavy atom. The SMILES string of the molecule is O=C(CN1CCCC(CO)C1)NCc1ccc(CN2CCCC2)cc1. The number of carbonyl (C=O) groups excluding carboxylic acids is 1. The number of rotatable bonds is 7. The van der Waals surface area contributed by atoms with E-state index in [0.29, 0.717) is 19.0 Å². The Kier molecular flexibility index (Phi) is 6.84. The lowest BCUT2D eigenvalue weighted by Gasteiger charge is -2.31. The number of hydrogen-bond donors (Lipinski definition) is 2. The van der Waals surface area contributed by atoms with Crippen LogP contribution in [-0.4, -0.2) is 60.1 Å². The fourth-order valence-corrected chi connectivity index (χ4v) is 3.87. The van der Waals surface area contributed by atoms with Crippen LogP contribution in [0, 0.1) is 5.92 Å². The van der Waals surface area contributed by atoms with Crippen molar-refractivity contribution in [1.82, 2.24) is 15.1 Å². The predicted molar refractivity (Wildman–Crippen MR) is 99.0 cm³/mol. The first-order chi connectivity index (χ1) is 12.2. The smallest absolute Gasteiger partial charge is 0.234 e. The van der Waals surface area contributed by atoms with E-state index in [1.165, 1.54) is 31.5 Å². The quantitative estimate of drug-likeness (QED) is 0.788. The third-order valence-corrected chi connectivity index (χ3v) is 5.35. The molecule has 5 heteroatoms. The number of amides is 1. The van der Waals surface area contributed by atoms with E-state index >= 15 is 0 Å². The number of aliphatic hydroxyl groups excluding tert-OH is 1. The molecule has 0 saturated carbocycles. The summed E-state index contributed by atoms with van der Waals surface area (Å²) in [6.07, 6.45) is 4.77. The Hall–Kier alpha value is -1.43. The van der Waals surface area contributed by atoms with Gasteiger partial charge in [0.1, 0.15) is 0 Å². The summed E-state index contributed by atoms with van der Waals surface area (Å²) in [5.74, 6) is 0.393. The normalized spacial score (nSPS) is 22.2. The molecule has 2 fully saturated rings. The lowest BCUT2D eigenvalue weighted by Crippen LogP contribution is -2.43. The summed E-state index contributed by atoms with van der Waals surface area (Å²) in [4.78, 5) is 16.8. The van der Waals surface area contributed by atoms with Crippen molar-refractivity contribution in [3.05, 3.63) is 35.4 Å². The Labute approximate surface area is 151 Å². The Morgan fingerprint density at radius 3 is 2.44 bits per heavy atom. The second-order valence-corrected chi connectivity index (χ2v) is 7.50. The monoisotopic (exact) mass is 345 g/mol. The van der Waals surface area contributed by atoms with Crippen molar-refractivity contribution in [3.8, 4) is 0 Å². The van der Waals surface area contributed by atoms with Crippen LogP contribution in [0.15, 0.2) is 24.3 Å². The number of benzene rings is 1. The zero-order valence-electron chi connectivity index (χ0n) is 15.1. The molecule has 1 unspecified atom stereocenters. The molecule has 0 aliphatic carbocycles. The van der Waals surface area contributed by atoms with Crippen molar-refractivity contribution >= 4 is 5.91 Å². The van der Waals surface area contributed by atoms with Crippen LogP contribution < -0.4 is 5.32 Å². The molecular weight excluding hydrogens is 314 g/mol. The highest BCUT2D eigenvalue weighted by atomic mass is 16.3. The van der Waals surface area contributed by atoms with Gasteiger partial charge in [0.25, 0.3) is 0 Å². The molecule has 1 aromatic rings. The molecular formula is C20H31N3O2. The van der Waals surface area contributed by atoms with Gasteiger partial charge in [0.2, 0.25) is 5.91 Å². The van der Waals surface area contributed by atoms with Crippen molar-refractivity contribution in [1.29, 1.82) is 0 Å². The molecule has 2 aliphatic rings. The summed E-state index contributed by atoms with van der Waals surface area (Å²) >= 11 is 0. The average molecular weight is 345 g/mol. The van der Waals surface area contributed by atoms with Crippen molar-refractivity contribution in [3.63, 3.8) is 0 Å². The molecule has 2 aliphatic heterocycles. The minimum Gasteiger partial charge on any atom is -0.396 e. The number of hydrogen-bond acceptors (Lipinski definition) is 4. The zero-order chi connectivity index (χ0) is 17.5. The fraction of sp³-hybridized carbons (Fsp3) is 0.650. The van der Waals surface area contributed by atoms with Gasteiger partial charge in [-0.1, -0.05) is 24.3 Å². The van der Waals surface area contributed by atoms with Gasteiger partial charge in [0, 0.05) is 26.2 Å². The summed E-state index contributed by atoms with van der Waals surface area (Å²) in [7, 11) is 0. The fourth-order valence-electron chi connectivity index (χ4n) is 3.87. The molecule has 0 aromatic heterocycles. The molecule has 0 radical (unpaired) electrons. The number of carbonyl (C=O) groups is 1. The van der Waals surface area contributed by atoms with Crippen LogP contribution >= 0.6 is 0 Å². The molecule has 138 valence electrons. The number of likely N-dealkylation sites (tertiary alicyclic amines) is 2. The highest BCUT2D eigenvalue weighted by Gasteiger charge is 2.20. The molecule has 2 saturated heterocycles. The van der Waals surface area contributed by atoms with Crippen LogP contribution in [0.1, 0.15) is 36.8 Å². The van der Waals surface area contributed by atoms with Gasteiger partial charge < -0.3 is 10.4 Å². The third-order valence-electron chi connectivity index (χ3n) is 5.35. The predicted octanol–water partition coefficient (Wildman–Crippen LogP) is 1.60. The zero-order valence-corrected chi connectivity index (χ0v) is 15.1. The van der Waals surface area contributed by atoms with E-state index in [4.69, 9.17) is 0 Å². The van der Waals surface area contributed by atoms with E-state index in [1.54, 1.807) is 0 Å². The van der Waals surface area contributed by atoms with Crippen LogP contribution in [0.2, 0.25) is 0 Å². The van der Waals surface area contributed by atoms with Gasteiger partial charge in [-0.3, -0.25) is 14.6 Å². The lowest BCUT2D eigenvalue weighted by atomic mass is 9.99. The van der Waals surface area contributed by atoms with Gasteiger partial charge in [-0.15, -0.1) is 0 Å². The van der Waals surface area contributed by atoms with Crippen LogP contribution in [-0.2, 0) is 17.9 Å². The van der Waals surface area contributed by atoms with Crippen molar-refractivity contribution in [2.45, 2.75) is 38.8 Å². The van der Waals surface area contributed by atoms with E-state index in [0.717, 1.165) is 38.0 Å². The molecule has 0 spiro atoms. The molecule has 3 rings (SSSR count). The Bertz CT molecular complexity index is 540. The topological polar surface area (TPSA) is 55.8 Å². The molecule has 5 nitrogen and oxygen atoms in total. The molecule has 25 heavy (non-hydrogen) atoms. The average Bonchev–Trinajstić information content (AvgIpc) is 3.14. The van der Waals surface area contributed by atoms with Gasteiger partial charge in [-0.05, 0) is 62.4 Å². The Morgan fingerprint density at radius 1 is 1.04 bits per heavy atom. The van der Waals surface area contributed by atoms with Gasteiger partial charge in [0.15, 0.2) is 0 Å². The Balaban J connectivity index is 1.39. The van der Waals surface area contributed by atoms with Crippen molar-refractivity contribution in [2.24, 2.45) is 5.92 Å². The number of nitrogens with zero attached hydrogens (tertiary/aromatic N) is 2. The first-order valence-electron chi connectivity index (χ1n) is 9.63. The summed E-state index contributed by atoms with van der Waals surface area (Å²) in [5, 5.41) is 12.3. The third kappa shape index (κ3) is 5.80. The highest BCUT2D eigenvalue weighted by Crippen LogP contribution is 2.15. The second kappa shape index (κ2) is 9.32. The van der Waals surface area contributed by atoms with E-state index in [1.807, 2.05) is 0 Å². The second-order valence-electron chi connectivity index (χ2n) is 7.50. The maximum Gasteiger partial charge on any atom is 0.234 e. The van der Waals surface area contributed by atoms with Crippen molar-refractivity contribution in [2.75, 3.05) is 39.3 Å². The van der Waals surface area contributed by atoms with Gasteiger partial charge in [-0.25, -0.2) is 0 Å². The first kappa shape index (κ1) is 18.4. The largest absolute Gasteiger partial charge is 0.396 e. The number of piperidine rings is 1. The molecule has 1 amide bonds. The van der Waals surface area contributed by atoms with E-state index in [2.05, 4.69) is 39.4 Å². The molecule has 2 heterocycles. The highest BCUT2D eigenvalue weighted by molar-refractivity contribution is 5.78. The van der Waals surface area contributed by atoms with Gasteiger partial charge >= 0.3 is 0 Å². The standard InChI is InChI=1S/C20H31N3O2/c24-16-19-4-3-11-23(14-19)15-20(25)21-12-17-5-7-18(8-6-17)13-22-9-1-2-10-22/h5-8,19,24H,1-4,9-16H2,(H,21,25). The summed E-state index contributed by atoms with van der Waals surface area (Å²) in [6.45, 7) is 6.49. The van der Waals surface area contributed by atoms with E-state index in [9.17, 15) is 9.90 Å². The maximum absolute atomic E-state index is 12.2. The maximum atomic E-state index is 12.2. The van der Waals surface area contributed by atoms with Gasteiger partial charge in [-0.2, -0.15) is 0 Å². The minimum absolute atomic E-state index is 0.0692. The number of aliphatic hydroxyl groups is 1. The minimum atomic E-state index is 0.0692. The summed E-state index contributed by atoms with van der Waals surface area (Å²) in [5.41, 5.74) is 2.49. The van der Waals surface area contributed by atoms with Crippen LogP contribution in [0.25, 0.3) is 0 Å². The van der Waals surface area contributed by atoms with E-state index in [-0.39, 0.29) is 12.5 Å². The first-order valence-corrected chi connectivity index (χ1v) is 9.63. The summed E-state index contributed by atoms with van der Waals surface area (Å²) in [6, 6.07) is 8.59. The van der Waals surface area contributed by atoms with E-state index < -0.39 is 0 Å². The van der Waals surface area contributed by atoms with Crippen LogP contribution in [0.3, 0.4) is 0 Å². The molecule has 1 atom stereocenters.